The second-order valence-corrected chi connectivity index (χ2v) is 5.27. The van der Waals surface area contributed by atoms with Crippen molar-refractivity contribution in [1.29, 1.82) is 0 Å². The zero-order valence-electron chi connectivity index (χ0n) is 10.4. The summed E-state index contributed by atoms with van der Waals surface area (Å²) in [5.74, 6) is 0. The predicted molar refractivity (Wildman–Crippen MR) is 69.2 cm³/mol. The van der Waals surface area contributed by atoms with Gasteiger partial charge in [0.2, 0.25) is 0 Å². The molecule has 2 nitrogen and oxygen atoms in total. The van der Waals surface area contributed by atoms with Gasteiger partial charge >= 0.3 is 0 Å². The first kappa shape index (κ1) is 11.4. The molecule has 0 aliphatic rings. The van der Waals surface area contributed by atoms with Gasteiger partial charge in [-0.05, 0) is 38.8 Å². The van der Waals surface area contributed by atoms with Crippen molar-refractivity contribution in [3.05, 3.63) is 39.1 Å². The van der Waals surface area contributed by atoms with E-state index in [1.807, 2.05) is 5.51 Å². The summed E-state index contributed by atoms with van der Waals surface area (Å²) in [5.41, 5.74) is 7.31. The van der Waals surface area contributed by atoms with Crippen LogP contribution in [0.4, 0.5) is 0 Å². The average Bonchev–Trinajstić information content (AvgIpc) is 2.76. The molecule has 0 unspecified atom stereocenters. The summed E-state index contributed by atoms with van der Waals surface area (Å²) < 4.78 is 2.35. The van der Waals surface area contributed by atoms with Crippen molar-refractivity contribution < 1.29 is 0 Å². The molecule has 0 aliphatic carbocycles. The number of aryl methyl sites for hydroxylation is 4. The Kier molecular flexibility index (Phi) is 3.15. The minimum atomic E-state index is 1.06. The van der Waals surface area contributed by atoms with E-state index >= 15 is 0 Å². The van der Waals surface area contributed by atoms with Crippen molar-refractivity contribution in [1.82, 2.24) is 9.55 Å². The molecule has 0 N–H and O–H groups in total. The molecule has 2 rings (SSSR count). The predicted octanol–water partition coefficient (Wildman–Crippen LogP) is 3.42. The van der Waals surface area contributed by atoms with E-state index in [1.54, 1.807) is 11.3 Å². The first-order valence-corrected chi connectivity index (χ1v) is 6.49. The van der Waals surface area contributed by atoms with Crippen LogP contribution in [0.1, 0.15) is 27.4 Å². The largest absolute Gasteiger partial charge is 0.351 e. The Morgan fingerprint density at radius 2 is 2.00 bits per heavy atom. The summed E-state index contributed by atoms with van der Waals surface area (Å²) in [6.45, 7) is 9.71. The minimum Gasteiger partial charge on any atom is -0.351 e. The standard InChI is InChI=1S/C13H18N2S/c1-9-7-15(12(4)10(9)2)6-5-13-11(3)14-8-16-13/h7-8H,5-6H2,1-4H3. The summed E-state index contributed by atoms with van der Waals surface area (Å²) in [6, 6.07) is 0. The monoisotopic (exact) mass is 234 g/mol. The highest BCUT2D eigenvalue weighted by Gasteiger charge is 2.06. The second kappa shape index (κ2) is 4.42. The normalized spacial score (nSPS) is 11.0. The Labute approximate surface area is 101 Å². The Morgan fingerprint density at radius 1 is 1.25 bits per heavy atom. The van der Waals surface area contributed by atoms with Crippen LogP contribution in [0.15, 0.2) is 11.7 Å². The van der Waals surface area contributed by atoms with Gasteiger partial charge in [0.25, 0.3) is 0 Å². The third-order valence-electron chi connectivity index (χ3n) is 3.34. The van der Waals surface area contributed by atoms with E-state index < -0.39 is 0 Å². The summed E-state index contributed by atoms with van der Waals surface area (Å²) in [7, 11) is 0. The van der Waals surface area contributed by atoms with Crippen molar-refractivity contribution in [2.24, 2.45) is 0 Å². The van der Waals surface area contributed by atoms with Gasteiger partial charge in [-0.25, -0.2) is 4.98 Å². The van der Waals surface area contributed by atoms with Crippen LogP contribution in [0, 0.1) is 27.7 Å². The molecule has 0 aromatic carbocycles. The zero-order chi connectivity index (χ0) is 11.7. The number of nitrogens with zero attached hydrogens (tertiary/aromatic N) is 2. The molecule has 0 radical (unpaired) electrons. The molecular formula is C13H18N2S. The van der Waals surface area contributed by atoms with Crippen molar-refractivity contribution in [2.75, 3.05) is 0 Å². The van der Waals surface area contributed by atoms with Crippen LogP contribution >= 0.6 is 11.3 Å². The molecule has 0 amide bonds. The Hall–Kier alpha value is -1.09. The van der Waals surface area contributed by atoms with E-state index in [0.717, 1.165) is 13.0 Å². The number of rotatable bonds is 3. The highest BCUT2D eigenvalue weighted by Crippen LogP contribution is 2.17. The lowest BCUT2D eigenvalue weighted by Crippen LogP contribution is -2.02. The molecule has 0 spiro atoms. The first-order valence-electron chi connectivity index (χ1n) is 5.61. The van der Waals surface area contributed by atoms with E-state index in [-0.39, 0.29) is 0 Å². The van der Waals surface area contributed by atoms with Crippen LogP contribution < -0.4 is 0 Å². The fourth-order valence-electron chi connectivity index (χ4n) is 1.95. The van der Waals surface area contributed by atoms with Gasteiger partial charge in [0.05, 0.1) is 11.2 Å². The zero-order valence-corrected chi connectivity index (χ0v) is 11.2. The Morgan fingerprint density at radius 3 is 2.50 bits per heavy atom. The lowest BCUT2D eigenvalue weighted by molar-refractivity contribution is 0.682. The Bertz CT molecular complexity index is 494. The third kappa shape index (κ3) is 2.05. The second-order valence-electron chi connectivity index (χ2n) is 4.33. The summed E-state index contributed by atoms with van der Waals surface area (Å²) in [5, 5.41) is 0. The van der Waals surface area contributed by atoms with Gasteiger partial charge in [-0.1, -0.05) is 0 Å². The summed E-state index contributed by atoms with van der Waals surface area (Å²) >= 11 is 1.76. The smallest absolute Gasteiger partial charge is 0.0797 e. The molecule has 16 heavy (non-hydrogen) atoms. The van der Waals surface area contributed by atoms with Crippen LogP contribution in [0.3, 0.4) is 0 Å². The molecule has 0 saturated carbocycles. The maximum Gasteiger partial charge on any atom is 0.0797 e. The molecule has 0 aliphatic heterocycles. The first-order chi connectivity index (χ1) is 7.59. The molecule has 2 heterocycles. The fraction of sp³-hybridized carbons (Fsp3) is 0.462. The van der Waals surface area contributed by atoms with Gasteiger partial charge in [-0.2, -0.15) is 0 Å². The van der Waals surface area contributed by atoms with Crippen molar-refractivity contribution >= 4 is 11.3 Å². The number of aromatic nitrogens is 2. The van der Waals surface area contributed by atoms with E-state index in [4.69, 9.17) is 0 Å². The maximum atomic E-state index is 4.28. The number of hydrogen-bond donors (Lipinski definition) is 0. The molecule has 2 aromatic rings. The topological polar surface area (TPSA) is 17.8 Å². The van der Waals surface area contributed by atoms with Crippen molar-refractivity contribution in [2.45, 2.75) is 40.7 Å². The van der Waals surface area contributed by atoms with Gasteiger partial charge in [0.1, 0.15) is 0 Å². The highest BCUT2D eigenvalue weighted by atomic mass is 32.1. The fourth-order valence-corrected chi connectivity index (χ4v) is 2.72. The van der Waals surface area contributed by atoms with Crippen LogP contribution in [0.2, 0.25) is 0 Å². The SMILES string of the molecule is Cc1cn(CCc2scnc2C)c(C)c1C. The minimum absolute atomic E-state index is 1.06. The van der Waals surface area contributed by atoms with Crippen molar-refractivity contribution in [3.8, 4) is 0 Å². The van der Waals surface area contributed by atoms with E-state index in [1.165, 1.54) is 27.4 Å². The van der Waals surface area contributed by atoms with Gasteiger partial charge < -0.3 is 4.57 Å². The van der Waals surface area contributed by atoms with Crippen LogP contribution in [0.5, 0.6) is 0 Å². The maximum absolute atomic E-state index is 4.28. The number of thiazole rings is 1. The molecule has 2 aromatic heterocycles. The van der Waals surface area contributed by atoms with Gasteiger partial charge in [-0.3, -0.25) is 0 Å². The number of hydrogen-bond acceptors (Lipinski definition) is 2. The van der Waals surface area contributed by atoms with Crippen LogP contribution in [0.25, 0.3) is 0 Å². The lowest BCUT2D eigenvalue weighted by Gasteiger charge is -2.05. The van der Waals surface area contributed by atoms with E-state index in [2.05, 4.69) is 43.4 Å². The van der Waals surface area contributed by atoms with Crippen LogP contribution in [-0.4, -0.2) is 9.55 Å². The molecule has 0 atom stereocenters. The van der Waals surface area contributed by atoms with Crippen LogP contribution in [-0.2, 0) is 13.0 Å². The summed E-state index contributed by atoms with van der Waals surface area (Å²) in [4.78, 5) is 5.69. The van der Waals surface area contributed by atoms with Gasteiger partial charge in [0, 0.05) is 29.7 Å². The lowest BCUT2D eigenvalue weighted by atomic mass is 10.2. The Balaban J connectivity index is 2.11. The van der Waals surface area contributed by atoms with Gasteiger partial charge in [0.15, 0.2) is 0 Å². The molecule has 86 valence electrons. The molecule has 0 fully saturated rings. The molecule has 0 saturated heterocycles. The average molecular weight is 234 g/mol. The third-order valence-corrected chi connectivity index (χ3v) is 4.33. The van der Waals surface area contributed by atoms with E-state index in [9.17, 15) is 0 Å². The molecule has 3 heteroatoms. The highest BCUT2D eigenvalue weighted by molar-refractivity contribution is 7.09. The van der Waals surface area contributed by atoms with Crippen molar-refractivity contribution in [3.63, 3.8) is 0 Å². The quantitative estimate of drug-likeness (QED) is 0.795. The molecule has 0 bridgehead atoms. The van der Waals surface area contributed by atoms with Gasteiger partial charge in [-0.15, -0.1) is 11.3 Å². The molecular weight excluding hydrogens is 216 g/mol. The summed E-state index contributed by atoms with van der Waals surface area (Å²) in [6.07, 6.45) is 3.34. The van der Waals surface area contributed by atoms with E-state index in [0.29, 0.717) is 0 Å².